The highest BCUT2D eigenvalue weighted by Crippen LogP contribution is 2.40. The summed E-state index contributed by atoms with van der Waals surface area (Å²) in [6, 6.07) is 3.75. The van der Waals surface area contributed by atoms with Crippen LogP contribution in [0.1, 0.15) is 34.0 Å². The van der Waals surface area contributed by atoms with E-state index < -0.39 is 5.91 Å². The molecule has 22 heavy (non-hydrogen) atoms. The van der Waals surface area contributed by atoms with Gasteiger partial charge in [0.05, 0.1) is 0 Å². The summed E-state index contributed by atoms with van der Waals surface area (Å²) in [7, 11) is 0. The molecular weight excluding hydrogens is 284 g/mol. The van der Waals surface area contributed by atoms with Crippen LogP contribution in [-0.4, -0.2) is 32.0 Å². The maximum absolute atomic E-state index is 11.9. The molecule has 0 aliphatic carbocycles. The number of nitrogens with two attached hydrogens (primary N) is 1. The fourth-order valence-electron chi connectivity index (χ4n) is 2.97. The topological polar surface area (TPSA) is 130 Å². The molecule has 0 saturated carbocycles. The molecule has 4 heterocycles. The molecule has 1 atom stereocenters. The average molecular weight is 296 g/mol. The van der Waals surface area contributed by atoms with Crippen molar-refractivity contribution in [2.75, 3.05) is 5.32 Å². The lowest BCUT2D eigenvalue weighted by Gasteiger charge is -2.22. The van der Waals surface area contributed by atoms with Crippen LogP contribution in [0.3, 0.4) is 0 Å². The standard InChI is InChI=1S/C14H12N6O2/c15-12(22)11-10-7(4-9(21)18-14(10)20-19-11)8-5-17-13-6(8)2-1-3-16-13/h1-3,5,7H,4H2,(H2,15,22)(H,16,17)(H2,18,19,20,21). The van der Waals surface area contributed by atoms with Crippen molar-refractivity contribution in [2.24, 2.45) is 5.73 Å². The van der Waals surface area contributed by atoms with E-state index in [0.29, 0.717) is 11.4 Å². The minimum Gasteiger partial charge on any atom is -0.364 e. The number of pyridine rings is 1. The molecule has 1 aliphatic rings. The summed E-state index contributed by atoms with van der Waals surface area (Å²) in [4.78, 5) is 30.9. The molecule has 4 rings (SSSR count). The Morgan fingerprint density at radius 3 is 3.09 bits per heavy atom. The zero-order valence-corrected chi connectivity index (χ0v) is 11.4. The minimum atomic E-state index is -0.604. The van der Waals surface area contributed by atoms with Gasteiger partial charge in [-0.3, -0.25) is 14.7 Å². The zero-order valence-electron chi connectivity index (χ0n) is 11.4. The van der Waals surface area contributed by atoms with Crippen LogP contribution in [0, 0.1) is 0 Å². The molecule has 2 amide bonds. The predicted molar refractivity (Wildman–Crippen MR) is 78.3 cm³/mol. The van der Waals surface area contributed by atoms with Gasteiger partial charge in [-0.15, -0.1) is 0 Å². The van der Waals surface area contributed by atoms with Crippen molar-refractivity contribution in [2.45, 2.75) is 12.3 Å². The van der Waals surface area contributed by atoms with Gasteiger partial charge in [-0.1, -0.05) is 0 Å². The van der Waals surface area contributed by atoms with Gasteiger partial charge in [-0.25, -0.2) is 4.98 Å². The van der Waals surface area contributed by atoms with Crippen molar-refractivity contribution in [1.82, 2.24) is 20.2 Å². The molecule has 0 aromatic carbocycles. The van der Waals surface area contributed by atoms with Crippen LogP contribution < -0.4 is 11.1 Å². The van der Waals surface area contributed by atoms with Crippen LogP contribution in [0.5, 0.6) is 0 Å². The molecule has 3 aromatic heterocycles. The van der Waals surface area contributed by atoms with Crippen molar-refractivity contribution in [3.63, 3.8) is 0 Å². The molecular formula is C14H12N6O2. The highest BCUT2D eigenvalue weighted by atomic mass is 16.2. The van der Waals surface area contributed by atoms with E-state index in [1.54, 1.807) is 6.20 Å². The smallest absolute Gasteiger partial charge is 0.267 e. The first-order valence-corrected chi connectivity index (χ1v) is 6.75. The fourth-order valence-corrected chi connectivity index (χ4v) is 2.97. The number of carbonyl (C=O) groups is 2. The van der Waals surface area contributed by atoms with Gasteiger partial charge in [0.15, 0.2) is 5.82 Å². The number of nitrogens with zero attached hydrogens (tertiary/aromatic N) is 2. The number of hydrogen-bond donors (Lipinski definition) is 4. The Bertz CT molecular complexity index is 909. The third kappa shape index (κ3) is 1.70. The highest BCUT2D eigenvalue weighted by molar-refractivity contribution is 6.00. The van der Waals surface area contributed by atoms with Crippen molar-refractivity contribution >= 4 is 28.7 Å². The summed E-state index contributed by atoms with van der Waals surface area (Å²) in [5.41, 5.74) is 7.87. The third-order valence-corrected chi connectivity index (χ3v) is 3.90. The lowest BCUT2D eigenvalue weighted by atomic mass is 9.85. The van der Waals surface area contributed by atoms with Crippen LogP contribution in [0.2, 0.25) is 0 Å². The number of rotatable bonds is 2. The van der Waals surface area contributed by atoms with E-state index in [9.17, 15) is 9.59 Å². The van der Waals surface area contributed by atoms with Crippen LogP contribution in [0.25, 0.3) is 11.0 Å². The van der Waals surface area contributed by atoms with Crippen molar-refractivity contribution in [3.05, 3.63) is 41.3 Å². The van der Waals surface area contributed by atoms with Crippen LogP contribution in [0.4, 0.5) is 5.82 Å². The Balaban J connectivity index is 1.95. The number of nitrogens with one attached hydrogen (secondary N) is 3. The van der Waals surface area contributed by atoms with E-state index in [2.05, 4.69) is 25.5 Å². The van der Waals surface area contributed by atoms with E-state index in [4.69, 9.17) is 5.73 Å². The molecule has 1 aliphatic heterocycles. The van der Waals surface area contributed by atoms with Crippen LogP contribution in [0.15, 0.2) is 24.5 Å². The van der Waals surface area contributed by atoms with Crippen molar-refractivity contribution < 1.29 is 9.59 Å². The van der Waals surface area contributed by atoms with E-state index in [-0.39, 0.29) is 23.9 Å². The molecule has 5 N–H and O–H groups in total. The second kappa shape index (κ2) is 4.42. The van der Waals surface area contributed by atoms with E-state index in [1.807, 2.05) is 18.3 Å². The molecule has 1 unspecified atom stereocenters. The quantitative estimate of drug-likeness (QED) is 0.558. The first-order chi connectivity index (χ1) is 10.6. The second-order valence-corrected chi connectivity index (χ2v) is 5.17. The summed E-state index contributed by atoms with van der Waals surface area (Å²) >= 11 is 0. The number of aromatic nitrogens is 4. The number of amides is 2. The van der Waals surface area contributed by atoms with E-state index >= 15 is 0 Å². The second-order valence-electron chi connectivity index (χ2n) is 5.17. The maximum atomic E-state index is 11.9. The van der Waals surface area contributed by atoms with Gasteiger partial charge in [0.2, 0.25) is 5.91 Å². The summed E-state index contributed by atoms with van der Waals surface area (Å²) in [5, 5.41) is 10.2. The number of aromatic amines is 2. The van der Waals surface area contributed by atoms with Gasteiger partial charge >= 0.3 is 0 Å². The minimum absolute atomic E-state index is 0.154. The SMILES string of the molecule is NC(=O)c1[nH]nc2c1C(c1c[nH]c3ncccc13)CC(=O)N2. The number of H-pyrrole nitrogens is 2. The van der Waals surface area contributed by atoms with Gasteiger partial charge in [-0.05, 0) is 17.7 Å². The Hall–Kier alpha value is -3.16. The Kier molecular flexibility index (Phi) is 2.52. The molecule has 0 saturated heterocycles. The first kappa shape index (κ1) is 12.6. The number of anilines is 1. The van der Waals surface area contributed by atoms with E-state index in [0.717, 1.165) is 16.6 Å². The first-order valence-electron chi connectivity index (χ1n) is 6.75. The molecule has 3 aromatic rings. The van der Waals surface area contributed by atoms with E-state index in [1.165, 1.54) is 0 Å². The normalized spacial score (nSPS) is 17.3. The summed E-state index contributed by atoms with van der Waals surface area (Å²) in [6.07, 6.45) is 3.71. The van der Waals surface area contributed by atoms with Crippen molar-refractivity contribution in [1.29, 1.82) is 0 Å². The largest absolute Gasteiger partial charge is 0.364 e. The molecule has 0 bridgehead atoms. The molecule has 8 nitrogen and oxygen atoms in total. The molecule has 0 radical (unpaired) electrons. The van der Waals surface area contributed by atoms with Gasteiger partial charge in [0.25, 0.3) is 5.91 Å². The Labute approximate surface area is 124 Å². The van der Waals surface area contributed by atoms with Gasteiger partial charge in [0, 0.05) is 35.7 Å². The van der Waals surface area contributed by atoms with Crippen LogP contribution >= 0.6 is 0 Å². The molecule has 8 heteroatoms. The monoisotopic (exact) mass is 296 g/mol. The van der Waals surface area contributed by atoms with Gasteiger partial charge in [0.1, 0.15) is 11.3 Å². The summed E-state index contributed by atoms with van der Waals surface area (Å²) in [5.74, 6) is -0.706. The Morgan fingerprint density at radius 1 is 1.41 bits per heavy atom. The number of hydrogen-bond acceptors (Lipinski definition) is 4. The fraction of sp³-hybridized carbons (Fsp3) is 0.143. The maximum Gasteiger partial charge on any atom is 0.267 e. The van der Waals surface area contributed by atoms with Crippen LogP contribution in [-0.2, 0) is 4.79 Å². The molecule has 110 valence electrons. The average Bonchev–Trinajstić information content (AvgIpc) is 3.09. The summed E-state index contributed by atoms with van der Waals surface area (Å²) < 4.78 is 0. The third-order valence-electron chi connectivity index (χ3n) is 3.90. The van der Waals surface area contributed by atoms with Crippen molar-refractivity contribution in [3.8, 4) is 0 Å². The summed E-state index contributed by atoms with van der Waals surface area (Å²) in [6.45, 7) is 0. The van der Waals surface area contributed by atoms with Gasteiger partial charge < -0.3 is 16.0 Å². The Morgan fingerprint density at radius 2 is 2.27 bits per heavy atom. The molecule has 0 fully saturated rings. The lowest BCUT2D eigenvalue weighted by Crippen LogP contribution is -2.25. The number of primary amides is 1. The predicted octanol–water partition coefficient (Wildman–Crippen LogP) is 0.859. The number of carbonyl (C=O) groups excluding carboxylic acids is 2. The molecule has 0 spiro atoms. The lowest BCUT2D eigenvalue weighted by molar-refractivity contribution is -0.116. The van der Waals surface area contributed by atoms with Gasteiger partial charge in [-0.2, -0.15) is 5.10 Å². The highest BCUT2D eigenvalue weighted by Gasteiger charge is 2.34. The number of fused-ring (bicyclic) bond motifs is 2. The zero-order chi connectivity index (χ0) is 15.3.